The molecule has 72 valence electrons. The second-order valence-corrected chi connectivity index (χ2v) is 4.66. The average Bonchev–Trinajstić information content (AvgIpc) is 2.64. The molecule has 0 aliphatic carbocycles. The molecule has 14 heavy (non-hydrogen) atoms. The van der Waals surface area contributed by atoms with Crippen molar-refractivity contribution in [2.75, 3.05) is 0 Å². The minimum absolute atomic E-state index is 1.08. The van der Waals surface area contributed by atoms with Gasteiger partial charge in [0, 0.05) is 11.3 Å². The Hall–Kier alpha value is -1.08. The normalized spacial score (nSPS) is 10.4. The van der Waals surface area contributed by atoms with Crippen LogP contribution in [0, 0.1) is 13.8 Å². The van der Waals surface area contributed by atoms with Crippen LogP contribution in [0.4, 0.5) is 0 Å². The van der Waals surface area contributed by atoms with Crippen LogP contribution < -0.4 is 0 Å². The molecule has 0 saturated carbocycles. The molecule has 0 radical (unpaired) electrons. The van der Waals surface area contributed by atoms with Gasteiger partial charge in [0.1, 0.15) is 0 Å². The molecule has 0 aliphatic rings. The molecule has 0 atom stereocenters. The van der Waals surface area contributed by atoms with E-state index >= 15 is 0 Å². The van der Waals surface area contributed by atoms with Crippen LogP contribution in [0.15, 0.2) is 35.7 Å². The van der Waals surface area contributed by atoms with E-state index in [0.717, 1.165) is 6.42 Å². The van der Waals surface area contributed by atoms with E-state index in [1.807, 2.05) is 11.3 Å². The lowest BCUT2D eigenvalue weighted by atomic mass is 10.00. The van der Waals surface area contributed by atoms with Crippen LogP contribution in [0.3, 0.4) is 0 Å². The summed E-state index contributed by atoms with van der Waals surface area (Å²) in [4.78, 5) is 1.45. The first-order valence-corrected chi connectivity index (χ1v) is 5.73. The van der Waals surface area contributed by atoms with Gasteiger partial charge in [-0.1, -0.05) is 24.3 Å². The molecule has 0 aliphatic heterocycles. The third-order valence-corrected chi connectivity index (χ3v) is 3.45. The van der Waals surface area contributed by atoms with E-state index in [4.69, 9.17) is 0 Å². The van der Waals surface area contributed by atoms with Crippen molar-refractivity contribution in [1.82, 2.24) is 0 Å². The topological polar surface area (TPSA) is 0 Å². The predicted molar refractivity (Wildman–Crippen MR) is 63.0 cm³/mol. The molecule has 0 unspecified atom stereocenters. The Balaban J connectivity index is 2.33. The van der Waals surface area contributed by atoms with Crippen molar-refractivity contribution in [1.29, 1.82) is 0 Å². The van der Waals surface area contributed by atoms with Gasteiger partial charge in [0.2, 0.25) is 0 Å². The Kier molecular flexibility index (Phi) is 2.69. The van der Waals surface area contributed by atoms with Crippen molar-refractivity contribution in [2.24, 2.45) is 0 Å². The molecule has 0 N–H and O–H groups in total. The first kappa shape index (κ1) is 9.47. The second-order valence-electron chi connectivity index (χ2n) is 3.63. The highest BCUT2D eigenvalue weighted by Crippen LogP contribution is 2.20. The van der Waals surface area contributed by atoms with Crippen molar-refractivity contribution < 1.29 is 0 Å². The van der Waals surface area contributed by atoms with Gasteiger partial charge in [0.15, 0.2) is 0 Å². The Labute approximate surface area is 89.2 Å². The smallest absolute Gasteiger partial charge is 0.00892 e. The molecule has 0 amide bonds. The highest BCUT2D eigenvalue weighted by atomic mass is 32.1. The summed E-state index contributed by atoms with van der Waals surface area (Å²) < 4.78 is 0. The highest BCUT2D eigenvalue weighted by Gasteiger charge is 2.03. The summed E-state index contributed by atoms with van der Waals surface area (Å²) in [5, 5.41) is 2.14. The molecular weight excluding hydrogens is 188 g/mol. The van der Waals surface area contributed by atoms with E-state index in [0.29, 0.717) is 0 Å². The summed E-state index contributed by atoms with van der Waals surface area (Å²) in [7, 11) is 0. The maximum Gasteiger partial charge on any atom is 0.00892 e. The fourth-order valence-electron chi connectivity index (χ4n) is 1.72. The predicted octanol–water partition coefficient (Wildman–Crippen LogP) is 3.96. The quantitative estimate of drug-likeness (QED) is 0.691. The molecule has 0 spiro atoms. The number of hydrogen-bond donors (Lipinski definition) is 0. The molecule has 0 fully saturated rings. The SMILES string of the molecule is Cc1cccc(C)c1Cc1cccs1. The van der Waals surface area contributed by atoms with Crippen LogP contribution in [-0.2, 0) is 6.42 Å². The molecule has 0 nitrogen and oxygen atoms in total. The molecule has 0 bridgehead atoms. The highest BCUT2D eigenvalue weighted by molar-refractivity contribution is 7.09. The monoisotopic (exact) mass is 202 g/mol. The molecule has 0 saturated heterocycles. The summed E-state index contributed by atoms with van der Waals surface area (Å²) >= 11 is 1.84. The zero-order valence-corrected chi connectivity index (χ0v) is 9.40. The van der Waals surface area contributed by atoms with Gasteiger partial charge in [0.05, 0.1) is 0 Å². The minimum Gasteiger partial charge on any atom is -0.149 e. The van der Waals surface area contributed by atoms with Gasteiger partial charge in [-0.25, -0.2) is 0 Å². The number of hydrogen-bond acceptors (Lipinski definition) is 1. The maximum atomic E-state index is 2.20. The Morgan fingerprint density at radius 3 is 2.29 bits per heavy atom. The number of rotatable bonds is 2. The lowest BCUT2D eigenvalue weighted by Gasteiger charge is -2.07. The summed E-state index contributed by atoms with van der Waals surface area (Å²) in [6.45, 7) is 4.38. The van der Waals surface area contributed by atoms with Gasteiger partial charge in [-0.05, 0) is 42.0 Å². The van der Waals surface area contributed by atoms with Crippen LogP contribution in [-0.4, -0.2) is 0 Å². The van der Waals surface area contributed by atoms with E-state index < -0.39 is 0 Å². The standard InChI is InChI=1S/C13H14S/c1-10-5-3-6-11(2)13(10)9-12-7-4-8-14-12/h3-8H,9H2,1-2H3. The van der Waals surface area contributed by atoms with Gasteiger partial charge in [-0.2, -0.15) is 0 Å². The van der Waals surface area contributed by atoms with E-state index in [2.05, 4.69) is 49.6 Å². The third kappa shape index (κ3) is 1.88. The number of benzene rings is 1. The zero-order chi connectivity index (χ0) is 9.97. The first-order chi connectivity index (χ1) is 6.77. The lowest BCUT2D eigenvalue weighted by Crippen LogP contribution is -1.93. The van der Waals surface area contributed by atoms with Gasteiger partial charge in [0.25, 0.3) is 0 Å². The van der Waals surface area contributed by atoms with E-state index in [1.54, 1.807) is 0 Å². The van der Waals surface area contributed by atoms with Crippen LogP contribution in [0.1, 0.15) is 21.6 Å². The van der Waals surface area contributed by atoms with Crippen molar-refractivity contribution in [2.45, 2.75) is 20.3 Å². The van der Waals surface area contributed by atoms with Crippen LogP contribution >= 0.6 is 11.3 Å². The van der Waals surface area contributed by atoms with Crippen molar-refractivity contribution >= 4 is 11.3 Å². The van der Waals surface area contributed by atoms with Crippen LogP contribution in [0.2, 0.25) is 0 Å². The Morgan fingerprint density at radius 2 is 1.71 bits per heavy atom. The van der Waals surface area contributed by atoms with E-state index in [-0.39, 0.29) is 0 Å². The largest absolute Gasteiger partial charge is 0.149 e. The average molecular weight is 202 g/mol. The van der Waals surface area contributed by atoms with Gasteiger partial charge in [-0.15, -0.1) is 11.3 Å². The van der Waals surface area contributed by atoms with Gasteiger partial charge in [-0.3, -0.25) is 0 Å². The van der Waals surface area contributed by atoms with Crippen LogP contribution in [0.5, 0.6) is 0 Å². The first-order valence-electron chi connectivity index (χ1n) is 4.85. The molecule has 1 aromatic heterocycles. The van der Waals surface area contributed by atoms with Crippen molar-refractivity contribution in [3.8, 4) is 0 Å². The molecule has 2 aromatic rings. The number of thiophene rings is 1. The van der Waals surface area contributed by atoms with Gasteiger partial charge < -0.3 is 0 Å². The minimum atomic E-state index is 1.08. The summed E-state index contributed by atoms with van der Waals surface area (Å²) in [6, 6.07) is 10.8. The molecule has 1 heterocycles. The third-order valence-electron chi connectivity index (χ3n) is 2.58. The fraction of sp³-hybridized carbons (Fsp3) is 0.231. The zero-order valence-electron chi connectivity index (χ0n) is 8.58. The van der Waals surface area contributed by atoms with Crippen molar-refractivity contribution in [3.63, 3.8) is 0 Å². The Bertz CT molecular complexity index is 393. The molecule has 1 aromatic carbocycles. The molecule has 1 heteroatoms. The van der Waals surface area contributed by atoms with E-state index in [9.17, 15) is 0 Å². The van der Waals surface area contributed by atoms with Crippen LogP contribution in [0.25, 0.3) is 0 Å². The summed E-state index contributed by atoms with van der Waals surface area (Å²) in [5.74, 6) is 0. The van der Waals surface area contributed by atoms with E-state index in [1.165, 1.54) is 21.6 Å². The van der Waals surface area contributed by atoms with Crippen molar-refractivity contribution in [3.05, 3.63) is 57.3 Å². The van der Waals surface area contributed by atoms with Gasteiger partial charge >= 0.3 is 0 Å². The maximum absolute atomic E-state index is 2.20. The fourth-order valence-corrected chi connectivity index (χ4v) is 2.43. The molecule has 2 rings (SSSR count). The second kappa shape index (κ2) is 3.97. The Morgan fingerprint density at radius 1 is 1.00 bits per heavy atom. The summed E-state index contributed by atoms with van der Waals surface area (Å²) in [5.41, 5.74) is 4.28. The molecular formula is C13H14S. The number of aryl methyl sites for hydroxylation is 2. The lowest BCUT2D eigenvalue weighted by molar-refractivity contribution is 1.15. The summed E-state index contributed by atoms with van der Waals surface area (Å²) in [6.07, 6.45) is 1.08.